The van der Waals surface area contributed by atoms with Crippen molar-refractivity contribution in [2.75, 3.05) is 21.3 Å². The quantitative estimate of drug-likeness (QED) is 0.518. The van der Waals surface area contributed by atoms with Gasteiger partial charge in [-0.2, -0.15) is 0 Å². The van der Waals surface area contributed by atoms with Crippen molar-refractivity contribution in [3.05, 3.63) is 76.0 Å². The Morgan fingerprint density at radius 3 is 2.31 bits per heavy atom. The third-order valence-electron chi connectivity index (χ3n) is 4.64. The molecule has 1 aromatic heterocycles. The summed E-state index contributed by atoms with van der Waals surface area (Å²) in [5, 5.41) is 2.02. The SMILES string of the molecule is COc1ccccc1CN(Cc1cccs1)C(=O)Cc1ccc(OC)c(OC)c1. The van der Waals surface area contributed by atoms with Gasteiger partial charge in [0.2, 0.25) is 5.91 Å². The molecule has 6 heteroatoms. The monoisotopic (exact) mass is 411 g/mol. The Bertz CT molecular complexity index is 940. The Morgan fingerprint density at radius 1 is 0.862 bits per heavy atom. The molecule has 0 N–H and O–H groups in total. The average Bonchev–Trinajstić information content (AvgIpc) is 3.26. The smallest absolute Gasteiger partial charge is 0.227 e. The Kier molecular flexibility index (Phi) is 7.14. The lowest BCUT2D eigenvalue weighted by Gasteiger charge is -2.23. The van der Waals surface area contributed by atoms with E-state index in [0.717, 1.165) is 21.8 Å². The predicted molar refractivity (Wildman–Crippen MR) is 115 cm³/mol. The molecule has 0 atom stereocenters. The second kappa shape index (κ2) is 9.98. The fourth-order valence-corrected chi connectivity index (χ4v) is 3.86. The third kappa shape index (κ3) is 5.29. The molecule has 0 saturated carbocycles. The van der Waals surface area contributed by atoms with Crippen LogP contribution < -0.4 is 14.2 Å². The number of hydrogen-bond acceptors (Lipinski definition) is 5. The molecular weight excluding hydrogens is 386 g/mol. The Labute approximate surface area is 175 Å². The van der Waals surface area contributed by atoms with Crippen LogP contribution in [-0.2, 0) is 24.3 Å². The largest absolute Gasteiger partial charge is 0.496 e. The van der Waals surface area contributed by atoms with E-state index in [4.69, 9.17) is 14.2 Å². The average molecular weight is 412 g/mol. The van der Waals surface area contributed by atoms with Gasteiger partial charge >= 0.3 is 0 Å². The van der Waals surface area contributed by atoms with Crippen molar-refractivity contribution in [2.24, 2.45) is 0 Å². The second-order valence-electron chi connectivity index (χ2n) is 6.51. The van der Waals surface area contributed by atoms with Crippen molar-refractivity contribution in [3.8, 4) is 17.2 Å². The molecule has 0 aliphatic rings. The van der Waals surface area contributed by atoms with Crippen molar-refractivity contribution in [1.82, 2.24) is 4.90 Å². The van der Waals surface area contributed by atoms with Gasteiger partial charge in [0.25, 0.3) is 0 Å². The van der Waals surface area contributed by atoms with Crippen LogP contribution in [-0.4, -0.2) is 32.1 Å². The van der Waals surface area contributed by atoms with Gasteiger partial charge in [-0.1, -0.05) is 30.3 Å². The van der Waals surface area contributed by atoms with Gasteiger partial charge in [0.1, 0.15) is 5.75 Å². The molecule has 0 bridgehead atoms. The number of carbonyl (C=O) groups excluding carboxylic acids is 1. The van der Waals surface area contributed by atoms with E-state index in [2.05, 4.69) is 0 Å². The zero-order valence-electron chi connectivity index (χ0n) is 16.9. The van der Waals surface area contributed by atoms with Gasteiger partial charge in [-0.15, -0.1) is 11.3 Å². The molecule has 0 spiro atoms. The number of benzene rings is 2. The van der Waals surface area contributed by atoms with Crippen molar-refractivity contribution in [1.29, 1.82) is 0 Å². The summed E-state index contributed by atoms with van der Waals surface area (Å²) in [5.41, 5.74) is 1.86. The number of thiophene rings is 1. The van der Waals surface area contributed by atoms with Crippen molar-refractivity contribution in [3.63, 3.8) is 0 Å². The molecule has 5 nitrogen and oxygen atoms in total. The molecule has 0 aliphatic heterocycles. The molecule has 0 aliphatic carbocycles. The number of ether oxygens (including phenoxy) is 3. The van der Waals surface area contributed by atoms with Crippen LogP contribution >= 0.6 is 11.3 Å². The highest BCUT2D eigenvalue weighted by molar-refractivity contribution is 7.09. The number of carbonyl (C=O) groups is 1. The molecule has 3 aromatic rings. The van der Waals surface area contributed by atoms with Gasteiger partial charge in [0.05, 0.1) is 34.3 Å². The molecule has 1 amide bonds. The van der Waals surface area contributed by atoms with Crippen LogP contribution in [0.25, 0.3) is 0 Å². The minimum atomic E-state index is 0.0385. The highest BCUT2D eigenvalue weighted by Crippen LogP contribution is 2.28. The molecule has 2 aromatic carbocycles. The molecule has 0 fully saturated rings. The molecule has 3 rings (SSSR count). The first-order valence-corrected chi connectivity index (χ1v) is 10.2. The van der Waals surface area contributed by atoms with Gasteiger partial charge in [-0.05, 0) is 35.2 Å². The Morgan fingerprint density at radius 2 is 1.62 bits per heavy atom. The molecule has 0 saturated heterocycles. The lowest BCUT2D eigenvalue weighted by atomic mass is 10.1. The summed E-state index contributed by atoms with van der Waals surface area (Å²) in [6.45, 7) is 1.04. The molecule has 0 unspecified atom stereocenters. The highest BCUT2D eigenvalue weighted by Gasteiger charge is 2.18. The standard InChI is InChI=1S/C23H25NO4S/c1-26-20-9-5-4-7-18(20)15-24(16-19-8-6-12-29-19)23(25)14-17-10-11-21(27-2)22(13-17)28-3/h4-13H,14-16H2,1-3H3. The summed E-state index contributed by atoms with van der Waals surface area (Å²) in [6.07, 6.45) is 0.279. The summed E-state index contributed by atoms with van der Waals surface area (Å²) < 4.78 is 16.1. The number of hydrogen-bond donors (Lipinski definition) is 0. The number of amides is 1. The second-order valence-corrected chi connectivity index (χ2v) is 7.54. The van der Waals surface area contributed by atoms with Crippen molar-refractivity contribution in [2.45, 2.75) is 19.5 Å². The minimum absolute atomic E-state index is 0.0385. The predicted octanol–water partition coefficient (Wildman–Crippen LogP) is 4.55. The van der Waals surface area contributed by atoms with Gasteiger partial charge in [-0.3, -0.25) is 4.79 Å². The normalized spacial score (nSPS) is 10.4. The maximum atomic E-state index is 13.2. The van der Waals surface area contributed by atoms with E-state index < -0.39 is 0 Å². The molecule has 152 valence electrons. The van der Waals surface area contributed by atoms with E-state index in [-0.39, 0.29) is 12.3 Å². The van der Waals surface area contributed by atoms with E-state index in [1.54, 1.807) is 32.7 Å². The first-order valence-electron chi connectivity index (χ1n) is 9.27. The lowest BCUT2D eigenvalue weighted by Crippen LogP contribution is -2.31. The molecule has 29 heavy (non-hydrogen) atoms. The lowest BCUT2D eigenvalue weighted by molar-refractivity contribution is -0.131. The van der Waals surface area contributed by atoms with Gasteiger partial charge in [-0.25, -0.2) is 0 Å². The first-order chi connectivity index (χ1) is 14.1. The molecule has 1 heterocycles. The van der Waals surface area contributed by atoms with Crippen molar-refractivity contribution >= 4 is 17.2 Å². The van der Waals surface area contributed by atoms with Crippen LogP contribution in [0.3, 0.4) is 0 Å². The van der Waals surface area contributed by atoms with Crippen LogP contribution in [0.5, 0.6) is 17.2 Å². The number of methoxy groups -OCH3 is 3. The Balaban J connectivity index is 1.82. The van der Waals surface area contributed by atoms with E-state index in [1.165, 1.54) is 0 Å². The topological polar surface area (TPSA) is 48.0 Å². The summed E-state index contributed by atoms with van der Waals surface area (Å²) in [7, 11) is 4.83. The zero-order valence-corrected chi connectivity index (χ0v) is 17.7. The fourth-order valence-electron chi connectivity index (χ4n) is 3.14. The van der Waals surface area contributed by atoms with Gasteiger partial charge in [0, 0.05) is 17.0 Å². The van der Waals surface area contributed by atoms with E-state index in [1.807, 2.05) is 64.9 Å². The summed E-state index contributed by atoms with van der Waals surface area (Å²) in [4.78, 5) is 16.2. The van der Waals surface area contributed by atoms with E-state index >= 15 is 0 Å². The maximum absolute atomic E-state index is 13.2. The fraction of sp³-hybridized carbons (Fsp3) is 0.261. The third-order valence-corrected chi connectivity index (χ3v) is 5.50. The molecule has 0 radical (unpaired) electrons. The molecular formula is C23H25NO4S. The van der Waals surface area contributed by atoms with Gasteiger partial charge in [0.15, 0.2) is 11.5 Å². The van der Waals surface area contributed by atoms with Crippen LogP contribution in [0.15, 0.2) is 60.0 Å². The van der Waals surface area contributed by atoms with Crippen LogP contribution in [0.4, 0.5) is 0 Å². The highest BCUT2D eigenvalue weighted by atomic mass is 32.1. The minimum Gasteiger partial charge on any atom is -0.496 e. The van der Waals surface area contributed by atoms with Gasteiger partial charge < -0.3 is 19.1 Å². The van der Waals surface area contributed by atoms with E-state index in [0.29, 0.717) is 24.6 Å². The van der Waals surface area contributed by atoms with Crippen LogP contribution in [0.1, 0.15) is 16.0 Å². The maximum Gasteiger partial charge on any atom is 0.227 e. The van der Waals surface area contributed by atoms with E-state index in [9.17, 15) is 4.79 Å². The van der Waals surface area contributed by atoms with Crippen LogP contribution in [0.2, 0.25) is 0 Å². The van der Waals surface area contributed by atoms with Crippen molar-refractivity contribution < 1.29 is 19.0 Å². The number of rotatable bonds is 9. The van der Waals surface area contributed by atoms with Crippen LogP contribution in [0, 0.1) is 0 Å². The summed E-state index contributed by atoms with van der Waals surface area (Å²) >= 11 is 1.64. The number of nitrogens with zero attached hydrogens (tertiary/aromatic N) is 1. The first kappa shape index (κ1) is 20.7. The number of para-hydroxylation sites is 1. The summed E-state index contributed by atoms with van der Waals surface area (Å²) in [6, 6.07) is 17.4. The Hall–Kier alpha value is -2.99. The summed E-state index contributed by atoms with van der Waals surface area (Å²) in [5.74, 6) is 2.08. The zero-order chi connectivity index (χ0) is 20.6.